The van der Waals surface area contributed by atoms with Crippen molar-refractivity contribution in [1.29, 1.82) is 0 Å². The third-order valence-corrected chi connectivity index (χ3v) is 4.21. The predicted molar refractivity (Wildman–Crippen MR) is 98.5 cm³/mol. The van der Waals surface area contributed by atoms with Crippen LogP contribution in [-0.4, -0.2) is 41.5 Å². The average molecular weight is 402 g/mol. The molecule has 1 amide bonds. The number of carbonyl (C=O) groups is 2. The van der Waals surface area contributed by atoms with Gasteiger partial charge >= 0.3 is 17.4 Å². The summed E-state index contributed by atoms with van der Waals surface area (Å²) in [6.45, 7) is 6.35. The minimum atomic E-state index is -4.13. The number of methoxy groups -OCH3 is 1. The molecule has 148 valence electrons. The summed E-state index contributed by atoms with van der Waals surface area (Å²) in [5, 5.41) is -4.13. The Morgan fingerprint density at radius 2 is 1.85 bits per heavy atom. The molecular weight excluding hydrogens is 380 g/mol. The van der Waals surface area contributed by atoms with Gasteiger partial charge in [0, 0.05) is 6.54 Å². The minimum absolute atomic E-state index is 0.0168. The fourth-order valence-corrected chi connectivity index (χ4v) is 2.82. The number of esters is 1. The molecule has 1 rings (SSSR count). The molecule has 0 N–H and O–H groups in total. The molecule has 0 heterocycles. The van der Waals surface area contributed by atoms with E-state index in [1.165, 1.54) is 12.2 Å². The van der Waals surface area contributed by atoms with Crippen molar-refractivity contribution in [2.24, 2.45) is 0 Å². The van der Waals surface area contributed by atoms with E-state index in [1.54, 1.807) is 30.3 Å². The quantitative estimate of drug-likeness (QED) is 0.328. The maximum atomic E-state index is 14.4. The second kappa shape index (κ2) is 10.1. The molecule has 27 heavy (non-hydrogen) atoms. The van der Waals surface area contributed by atoms with E-state index in [0.29, 0.717) is 10.5 Å². The van der Waals surface area contributed by atoms with Gasteiger partial charge in [-0.2, -0.15) is 8.78 Å². The zero-order valence-electron chi connectivity index (χ0n) is 15.0. The maximum Gasteiger partial charge on any atom is 0.411 e. The summed E-state index contributed by atoms with van der Waals surface area (Å²) in [5.74, 6) is -1.36. The smallest absolute Gasteiger partial charge is 0.411 e. The fraction of sp³-hybridized carbons (Fsp3) is 0.368. The van der Waals surface area contributed by atoms with Gasteiger partial charge in [-0.15, -0.1) is 13.2 Å². The normalized spacial score (nSPS) is 13.2. The first kappa shape index (κ1) is 22.6. The Bertz CT molecular complexity index is 663. The van der Waals surface area contributed by atoms with Crippen LogP contribution in [0.1, 0.15) is 18.4 Å². The first-order chi connectivity index (χ1) is 12.7. The summed E-state index contributed by atoms with van der Waals surface area (Å²) in [5.41, 5.74) is -2.13. The van der Waals surface area contributed by atoms with Crippen molar-refractivity contribution in [3.05, 3.63) is 61.2 Å². The van der Waals surface area contributed by atoms with Gasteiger partial charge in [0.1, 0.15) is 6.61 Å². The van der Waals surface area contributed by atoms with Gasteiger partial charge in [-0.1, -0.05) is 42.5 Å². The van der Waals surface area contributed by atoms with Crippen LogP contribution in [0.3, 0.4) is 0 Å². The molecule has 0 aromatic heterocycles. The molecule has 1 atom stereocenters. The number of carbonyl (C=O) groups excluding carboxylic acids is 2. The Morgan fingerprint density at radius 3 is 2.33 bits per heavy atom. The summed E-state index contributed by atoms with van der Waals surface area (Å²) in [6.07, 6.45) is 0.860. The van der Waals surface area contributed by atoms with Crippen LogP contribution in [0, 0.1) is 0 Å². The van der Waals surface area contributed by atoms with Gasteiger partial charge in [0.15, 0.2) is 0 Å². The molecule has 0 spiro atoms. The minimum Gasteiger partial charge on any atom is -0.467 e. The van der Waals surface area contributed by atoms with Crippen molar-refractivity contribution < 1.29 is 27.8 Å². The van der Waals surface area contributed by atoms with E-state index >= 15 is 0 Å². The Labute approximate surface area is 162 Å². The second-order valence-electron chi connectivity index (χ2n) is 5.62. The number of halogens is 3. The summed E-state index contributed by atoms with van der Waals surface area (Å²) in [6, 6.07) is 8.65. The lowest BCUT2D eigenvalue weighted by atomic mass is 9.91. The van der Waals surface area contributed by atoms with Crippen molar-refractivity contribution >= 4 is 23.7 Å². The predicted octanol–water partition coefficient (Wildman–Crippen LogP) is 4.52. The molecule has 1 unspecified atom stereocenters. The number of nitrogens with zero attached hydrogens (tertiary/aromatic N) is 1. The van der Waals surface area contributed by atoms with Crippen LogP contribution < -0.4 is 0 Å². The molecule has 0 saturated carbocycles. The molecule has 0 saturated heterocycles. The Kier molecular flexibility index (Phi) is 8.43. The van der Waals surface area contributed by atoms with Gasteiger partial charge in [-0.05, 0) is 30.0 Å². The average Bonchev–Trinajstić information content (AvgIpc) is 2.65. The molecule has 0 aliphatic rings. The number of amides is 1. The Morgan fingerprint density at radius 1 is 1.22 bits per heavy atom. The Balaban J connectivity index is 3.27. The lowest BCUT2D eigenvalue weighted by Crippen LogP contribution is -2.65. The van der Waals surface area contributed by atoms with E-state index in [9.17, 15) is 18.4 Å². The molecule has 0 bridgehead atoms. The third kappa shape index (κ3) is 5.29. The van der Waals surface area contributed by atoms with Crippen LogP contribution in [0.2, 0.25) is 0 Å². The first-order valence-electron chi connectivity index (χ1n) is 8.09. The highest BCUT2D eigenvalue weighted by molar-refractivity contribution is 6.24. The van der Waals surface area contributed by atoms with Gasteiger partial charge in [0.25, 0.3) is 0 Å². The molecule has 1 aromatic carbocycles. The van der Waals surface area contributed by atoms with Crippen LogP contribution in [0.15, 0.2) is 55.6 Å². The number of benzene rings is 1. The zero-order chi connectivity index (χ0) is 20.5. The number of alkyl halides is 3. The third-order valence-electron chi connectivity index (χ3n) is 3.90. The van der Waals surface area contributed by atoms with Crippen LogP contribution in [0.25, 0.3) is 0 Å². The molecular formula is C19H22ClF2NO4. The molecule has 0 fully saturated rings. The summed E-state index contributed by atoms with van der Waals surface area (Å²) < 4.78 is 38.6. The number of allylic oxidation sites excluding steroid dienone is 1. The molecule has 0 aliphatic heterocycles. The van der Waals surface area contributed by atoms with Gasteiger partial charge in [0.05, 0.1) is 7.11 Å². The molecule has 1 aromatic rings. The lowest BCUT2D eigenvalue weighted by Gasteiger charge is -2.42. The van der Waals surface area contributed by atoms with Gasteiger partial charge in [-0.3, -0.25) is 4.90 Å². The van der Waals surface area contributed by atoms with Gasteiger partial charge in [-0.25, -0.2) is 9.59 Å². The fourth-order valence-electron chi connectivity index (χ4n) is 2.55. The van der Waals surface area contributed by atoms with Crippen molar-refractivity contribution in [2.75, 3.05) is 13.7 Å². The first-order valence-corrected chi connectivity index (χ1v) is 8.47. The largest absolute Gasteiger partial charge is 0.467 e. The van der Waals surface area contributed by atoms with E-state index in [2.05, 4.69) is 17.9 Å². The summed E-state index contributed by atoms with van der Waals surface area (Å²) in [4.78, 5) is 25.5. The number of hydrogen-bond donors (Lipinski definition) is 0. The standard InChI is InChI=1S/C19H22ClF2NO4/c1-4-6-12-18(16(24)26-3,19(20,21)22)23(13-5-2)17(25)27-14-15-10-8-7-9-11-15/h4-5,7-11H,1-2,6,12-14H2,3H3. The van der Waals surface area contributed by atoms with Crippen molar-refractivity contribution in [3.8, 4) is 0 Å². The van der Waals surface area contributed by atoms with Crippen molar-refractivity contribution in [3.63, 3.8) is 0 Å². The molecule has 5 nitrogen and oxygen atoms in total. The van der Waals surface area contributed by atoms with E-state index in [0.717, 1.165) is 7.11 Å². The highest BCUT2D eigenvalue weighted by Crippen LogP contribution is 2.42. The van der Waals surface area contributed by atoms with Gasteiger partial charge < -0.3 is 9.47 Å². The molecule has 8 heteroatoms. The van der Waals surface area contributed by atoms with Crippen LogP contribution in [0.5, 0.6) is 0 Å². The summed E-state index contributed by atoms with van der Waals surface area (Å²) >= 11 is 5.30. The topological polar surface area (TPSA) is 55.8 Å². The van der Waals surface area contributed by atoms with Crippen molar-refractivity contribution in [2.45, 2.75) is 30.4 Å². The van der Waals surface area contributed by atoms with Crippen LogP contribution >= 0.6 is 11.6 Å². The lowest BCUT2D eigenvalue weighted by molar-refractivity contribution is -0.171. The highest BCUT2D eigenvalue weighted by atomic mass is 35.5. The number of ether oxygens (including phenoxy) is 2. The monoisotopic (exact) mass is 401 g/mol. The Hall–Kier alpha value is -2.41. The van der Waals surface area contributed by atoms with Gasteiger partial charge in [0.2, 0.25) is 5.54 Å². The number of hydrogen-bond acceptors (Lipinski definition) is 4. The molecule has 0 radical (unpaired) electrons. The van der Waals surface area contributed by atoms with E-state index < -0.39 is 35.9 Å². The SMILES string of the molecule is C=CCCC(C(=O)OC)(N(CC=C)C(=O)OCc1ccccc1)C(F)(F)Cl. The zero-order valence-corrected chi connectivity index (χ0v) is 15.8. The molecule has 0 aliphatic carbocycles. The van der Waals surface area contributed by atoms with Crippen LogP contribution in [0.4, 0.5) is 13.6 Å². The van der Waals surface area contributed by atoms with E-state index in [1.807, 2.05) is 0 Å². The van der Waals surface area contributed by atoms with Crippen LogP contribution in [-0.2, 0) is 20.9 Å². The second-order valence-corrected chi connectivity index (χ2v) is 6.09. The highest BCUT2D eigenvalue weighted by Gasteiger charge is 2.64. The summed E-state index contributed by atoms with van der Waals surface area (Å²) in [7, 11) is 0.939. The van der Waals surface area contributed by atoms with E-state index in [-0.39, 0.29) is 13.0 Å². The van der Waals surface area contributed by atoms with E-state index in [4.69, 9.17) is 16.3 Å². The number of rotatable bonds is 10. The van der Waals surface area contributed by atoms with Crippen molar-refractivity contribution in [1.82, 2.24) is 4.90 Å². The maximum absolute atomic E-state index is 14.4.